The second kappa shape index (κ2) is 8.34. The number of carboxylic acids is 1. The first kappa shape index (κ1) is 18.4. The average molecular weight is 474 g/mol. The monoisotopic (exact) mass is 472 g/mol. The van der Waals surface area contributed by atoms with E-state index in [1.165, 1.54) is 0 Å². The number of rotatable bonds is 5. The van der Waals surface area contributed by atoms with Gasteiger partial charge in [0.2, 0.25) is 0 Å². The summed E-state index contributed by atoms with van der Waals surface area (Å²) >= 11 is 6.76. The lowest BCUT2D eigenvalue weighted by Crippen LogP contribution is -2.08. The summed E-state index contributed by atoms with van der Waals surface area (Å²) in [5.74, 6) is -0.200. The van der Waals surface area contributed by atoms with Gasteiger partial charge in [-0.25, -0.2) is 4.79 Å². The molecule has 0 unspecified atom stereocenters. The fourth-order valence-electron chi connectivity index (χ4n) is 2.43. The second-order valence-corrected chi connectivity index (χ2v) is 7.27. The molecule has 1 N–H and O–H groups in total. The fraction of sp³-hybridized carbons (Fsp3) is 0. The number of halogens is 2. The minimum Gasteiger partial charge on any atom is -0.478 e. The van der Waals surface area contributed by atoms with Crippen LogP contribution in [-0.2, 0) is 4.79 Å². The van der Waals surface area contributed by atoms with Crippen molar-refractivity contribution in [2.75, 3.05) is 0 Å². The molecule has 130 valence electrons. The van der Waals surface area contributed by atoms with Gasteiger partial charge < -0.3 is 9.84 Å². The highest BCUT2D eigenvalue weighted by Gasteiger charge is 2.20. The number of hydrogen-bond donors (Lipinski definition) is 1. The Hall–Kier alpha value is -2.37. The van der Waals surface area contributed by atoms with Crippen molar-refractivity contribution in [3.63, 3.8) is 0 Å². The van der Waals surface area contributed by atoms with Crippen molar-refractivity contribution in [1.29, 1.82) is 0 Å². The molecule has 0 aliphatic heterocycles. The highest BCUT2D eigenvalue weighted by molar-refractivity contribution is 9.10. The Morgan fingerprint density at radius 3 is 1.81 bits per heavy atom. The van der Waals surface area contributed by atoms with E-state index < -0.39 is 5.97 Å². The molecule has 0 saturated carbocycles. The maximum absolute atomic E-state index is 12.1. The third-order valence-corrected chi connectivity index (χ3v) is 4.70. The first-order valence-corrected chi connectivity index (χ1v) is 9.35. The normalized spacial score (nSPS) is 11.6. The molecular formula is C21H14Br2O3. The van der Waals surface area contributed by atoms with Crippen molar-refractivity contribution in [1.82, 2.24) is 0 Å². The van der Waals surface area contributed by atoms with Gasteiger partial charge >= 0.3 is 5.97 Å². The number of aliphatic carboxylic acids is 1. The van der Waals surface area contributed by atoms with Gasteiger partial charge in [-0.15, -0.1) is 0 Å². The first-order chi connectivity index (χ1) is 12.5. The molecule has 0 bridgehead atoms. The van der Waals surface area contributed by atoms with E-state index in [-0.39, 0.29) is 5.57 Å². The fourth-order valence-corrected chi connectivity index (χ4v) is 2.96. The van der Waals surface area contributed by atoms with Crippen molar-refractivity contribution in [2.45, 2.75) is 0 Å². The van der Waals surface area contributed by atoms with Crippen LogP contribution in [0.1, 0.15) is 11.1 Å². The average Bonchev–Trinajstić information content (AvgIpc) is 2.65. The quantitative estimate of drug-likeness (QED) is 0.271. The molecule has 0 aliphatic carbocycles. The summed E-state index contributed by atoms with van der Waals surface area (Å²) in [5, 5.41) is 9.89. The Morgan fingerprint density at radius 1 is 0.731 bits per heavy atom. The molecule has 5 heteroatoms. The van der Waals surface area contributed by atoms with Crippen molar-refractivity contribution in [3.05, 3.63) is 98.9 Å². The lowest BCUT2D eigenvalue weighted by Gasteiger charge is -2.15. The smallest absolute Gasteiger partial charge is 0.340 e. The first-order valence-electron chi connectivity index (χ1n) is 7.77. The summed E-state index contributed by atoms with van der Waals surface area (Å²) < 4.78 is 7.82. The molecule has 0 amide bonds. The highest BCUT2D eigenvalue weighted by atomic mass is 79.9. The number of carbonyl (C=O) groups is 1. The van der Waals surface area contributed by atoms with Gasteiger partial charge in [0.15, 0.2) is 0 Å². The van der Waals surface area contributed by atoms with Crippen molar-refractivity contribution < 1.29 is 14.6 Å². The van der Waals surface area contributed by atoms with Gasteiger partial charge in [0.1, 0.15) is 17.1 Å². The molecular weight excluding hydrogens is 460 g/mol. The Kier molecular flexibility index (Phi) is 5.91. The SMILES string of the molecule is O=C(O)/C(=C(\Oc1ccc(Br)cc1)c1ccccc1)c1ccc(Br)cc1. The van der Waals surface area contributed by atoms with Gasteiger partial charge in [0.25, 0.3) is 0 Å². The minimum absolute atomic E-state index is 0.103. The minimum atomic E-state index is -1.05. The van der Waals surface area contributed by atoms with Crippen LogP contribution < -0.4 is 4.74 Å². The van der Waals surface area contributed by atoms with Crippen LogP contribution in [0.5, 0.6) is 5.75 Å². The molecule has 0 atom stereocenters. The van der Waals surface area contributed by atoms with Gasteiger partial charge in [0.05, 0.1) is 0 Å². The standard InChI is InChI=1S/C21H14Br2O3/c22-16-8-6-14(7-9-16)19(21(24)25)20(15-4-2-1-3-5-15)26-18-12-10-17(23)11-13-18/h1-13H,(H,24,25)/b20-19-. The third kappa shape index (κ3) is 4.42. The van der Waals surface area contributed by atoms with Crippen LogP contribution in [0.15, 0.2) is 87.8 Å². The predicted octanol–water partition coefficient (Wildman–Crippen LogP) is 6.24. The molecule has 0 aromatic heterocycles. The largest absolute Gasteiger partial charge is 0.478 e. The summed E-state index contributed by atoms with van der Waals surface area (Å²) in [6.07, 6.45) is 0. The maximum Gasteiger partial charge on any atom is 0.340 e. The molecule has 3 aromatic carbocycles. The molecule has 3 aromatic rings. The molecule has 0 fully saturated rings. The number of carboxylic acid groups (broad SMARTS) is 1. The Morgan fingerprint density at radius 2 is 1.27 bits per heavy atom. The molecule has 26 heavy (non-hydrogen) atoms. The van der Waals surface area contributed by atoms with E-state index in [2.05, 4.69) is 31.9 Å². The zero-order valence-corrected chi connectivity index (χ0v) is 16.7. The van der Waals surface area contributed by atoms with Gasteiger partial charge in [-0.2, -0.15) is 0 Å². The van der Waals surface area contributed by atoms with Crippen LogP contribution in [0.3, 0.4) is 0 Å². The number of benzene rings is 3. The van der Waals surface area contributed by atoms with E-state index in [0.717, 1.165) is 8.95 Å². The zero-order chi connectivity index (χ0) is 18.5. The lowest BCUT2D eigenvalue weighted by atomic mass is 10.0. The van der Waals surface area contributed by atoms with Gasteiger partial charge in [-0.05, 0) is 42.0 Å². The van der Waals surface area contributed by atoms with Gasteiger partial charge in [-0.3, -0.25) is 0 Å². The van der Waals surface area contributed by atoms with E-state index in [1.807, 2.05) is 42.5 Å². The van der Waals surface area contributed by atoms with Crippen LogP contribution in [-0.4, -0.2) is 11.1 Å². The summed E-state index contributed by atoms with van der Waals surface area (Å²) in [7, 11) is 0. The Labute approximate surface area is 168 Å². The van der Waals surface area contributed by atoms with Crippen molar-refractivity contribution in [2.24, 2.45) is 0 Å². The summed E-state index contributed by atoms with van der Waals surface area (Å²) in [5.41, 5.74) is 1.36. The summed E-state index contributed by atoms with van der Waals surface area (Å²) in [6, 6.07) is 23.6. The van der Waals surface area contributed by atoms with Gasteiger partial charge in [-0.1, -0.05) is 74.3 Å². The topological polar surface area (TPSA) is 46.5 Å². The molecule has 3 rings (SSSR count). The molecule has 0 spiro atoms. The Balaban J connectivity index is 2.18. The molecule has 0 aliphatic rings. The van der Waals surface area contributed by atoms with E-state index in [4.69, 9.17) is 4.74 Å². The summed E-state index contributed by atoms with van der Waals surface area (Å²) in [6.45, 7) is 0. The Bertz CT molecular complexity index is 931. The maximum atomic E-state index is 12.1. The third-order valence-electron chi connectivity index (χ3n) is 3.64. The number of ether oxygens (including phenoxy) is 1. The van der Waals surface area contributed by atoms with Crippen LogP contribution in [0.25, 0.3) is 11.3 Å². The van der Waals surface area contributed by atoms with Crippen LogP contribution in [0, 0.1) is 0 Å². The van der Waals surface area contributed by atoms with Gasteiger partial charge in [0, 0.05) is 14.5 Å². The van der Waals surface area contributed by atoms with E-state index >= 15 is 0 Å². The molecule has 0 radical (unpaired) electrons. The van der Waals surface area contributed by atoms with Crippen LogP contribution in [0.4, 0.5) is 0 Å². The number of hydrogen-bond acceptors (Lipinski definition) is 2. The highest BCUT2D eigenvalue weighted by Crippen LogP contribution is 2.31. The second-order valence-electron chi connectivity index (χ2n) is 5.44. The van der Waals surface area contributed by atoms with Crippen LogP contribution in [0.2, 0.25) is 0 Å². The van der Waals surface area contributed by atoms with E-state index in [1.54, 1.807) is 36.4 Å². The van der Waals surface area contributed by atoms with E-state index in [0.29, 0.717) is 22.6 Å². The molecule has 3 nitrogen and oxygen atoms in total. The van der Waals surface area contributed by atoms with Crippen molar-refractivity contribution in [3.8, 4) is 5.75 Å². The lowest BCUT2D eigenvalue weighted by molar-refractivity contribution is -0.130. The molecule has 0 heterocycles. The molecule has 0 saturated heterocycles. The van der Waals surface area contributed by atoms with Crippen LogP contribution >= 0.6 is 31.9 Å². The van der Waals surface area contributed by atoms with E-state index in [9.17, 15) is 9.90 Å². The zero-order valence-electron chi connectivity index (χ0n) is 13.5. The van der Waals surface area contributed by atoms with Crippen molar-refractivity contribution >= 4 is 49.2 Å². The summed E-state index contributed by atoms with van der Waals surface area (Å²) in [4.78, 5) is 12.1. The predicted molar refractivity (Wildman–Crippen MR) is 110 cm³/mol.